The lowest BCUT2D eigenvalue weighted by molar-refractivity contribution is 0.168. The van der Waals surface area contributed by atoms with Gasteiger partial charge in [0, 0.05) is 11.6 Å². The number of aliphatic hydroxyl groups excluding tert-OH is 1. The van der Waals surface area contributed by atoms with Gasteiger partial charge in [0.05, 0.1) is 4.47 Å². The van der Waals surface area contributed by atoms with Crippen LogP contribution in [0.15, 0.2) is 34.8 Å². The Bertz CT molecular complexity index is 691. The third kappa shape index (κ3) is 2.73. The predicted molar refractivity (Wildman–Crippen MR) is 75.6 cm³/mol. The second kappa shape index (κ2) is 5.61. The van der Waals surface area contributed by atoms with E-state index in [-0.39, 0.29) is 5.56 Å². The molecule has 2 aromatic carbocycles. The first-order valence-electron chi connectivity index (χ1n) is 6.28. The van der Waals surface area contributed by atoms with Gasteiger partial charge in [-0.05, 0) is 39.7 Å². The van der Waals surface area contributed by atoms with E-state index >= 15 is 0 Å². The molecule has 6 heteroatoms. The smallest absolute Gasteiger partial charge is 0.175 e. The van der Waals surface area contributed by atoms with Crippen LogP contribution in [0.3, 0.4) is 0 Å². The van der Waals surface area contributed by atoms with Crippen LogP contribution in [0.25, 0.3) is 0 Å². The van der Waals surface area contributed by atoms with Gasteiger partial charge in [-0.15, -0.1) is 0 Å². The highest BCUT2D eigenvalue weighted by Crippen LogP contribution is 2.41. The van der Waals surface area contributed by atoms with Crippen LogP contribution < -0.4 is 9.47 Å². The lowest BCUT2D eigenvalue weighted by Crippen LogP contribution is -2.16. The fourth-order valence-electron chi connectivity index (χ4n) is 2.19. The largest absolute Gasteiger partial charge is 0.486 e. The standard InChI is InChI=1S/C15H11BrF2O3/c16-11-5-8(6-13-15(11)21-4-3-20-13)14(19)10-2-1-9(17)7-12(10)18/h1-2,5-7,14,19H,3-4H2. The Morgan fingerprint density at radius 3 is 2.62 bits per heavy atom. The molecule has 110 valence electrons. The molecule has 3 rings (SSSR count). The van der Waals surface area contributed by atoms with E-state index in [9.17, 15) is 13.9 Å². The van der Waals surface area contributed by atoms with Crippen LogP contribution in [0.2, 0.25) is 0 Å². The first kappa shape index (κ1) is 14.3. The topological polar surface area (TPSA) is 38.7 Å². The van der Waals surface area contributed by atoms with Gasteiger partial charge < -0.3 is 14.6 Å². The Hall–Kier alpha value is -1.66. The van der Waals surface area contributed by atoms with Crippen molar-refractivity contribution in [2.24, 2.45) is 0 Å². The minimum Gasteiger partial charge on any atom is -0.486 e. The first-order valence-corrected chi connectivity index (χ1v) is 7.07. The summed E-state index contributed by atoms with van der Waals surface area (Å²) in [5, 5.41) is 10.3. The summed E-state index contributed by atoms with van der Waals surface area (Å²) >= 11 is 3.33. The van der Waals surface area contributed by atoms with Crippen LogP contribution >= 0.6 is 15.9 Å². The third-order valence-corrected chi connectivity index (χ3v) is 3.78. The molecule has 1 heterocycles. The molecule has 0 aromatic heterocycles. The van der Waals surface area contributed by atoms with Crippen LogP contribution in [0.5, 0.6) is 11.5 Å². The lowest BCUT2D eigenvalue weighted by atomic mass is 10.0. The van der Waals surface area contributed by atoms with Crippen LogP contribution in [0.1, 0.15) is 17.2 Å². The van der Waals surface area contributed by atoms with Crippen molar-refractivity contribution in [3.05, 3.63) is 57.6 Å². The maximum Gasteiger partial charge on any atom is 0.175 e. The van der Waals surface area contributed by atoms with Gasteiger partial charge in [-0.1, -0.05) is 6.07 Å². The van der Waals surface area contributed by atoms with Gasteiger partial charge in [0.1, 0.15) is 31.0 Å². The van der Waals surface area contributed by atoms with Crippen molar-refractivity contribution in [3.8, 4) is 11.5 Å². The molecule has 0 aliphatic carbocycles. The zero-order chi connectivity index (χ0) is 15.0. The molecule has 21 heavy (non-hydrogen) atoms. The molecule has 0 saturated heterocycles. The molecular weight excluding hydrogens is 346 g/mol. The van der Waals surface area contributed by atoms with Crippen LogP contribution in [-0.2, 0) is 0 Å². The summed E-state index contributed by atoms with van der Waals surface area (Å²) in [6.07, 6.45) is -1.22. The Balaban J connectivity index is 2.01. The van der Waals surface area contributed by atoms with E-state index in [1.165, 1.54) is 6.07 Å². The Morgan fingerprint density at radius 2 is 1.86 bits per heavy atom. The molecule has 0 spiro atoms. The Labute approximate surface area is 128 Å². The zero-order valence-electron chi connectivity index (χ0n) is 10.8. The first-order chi connectivity index (χ1) is 10.1. The molecule has 1 N–H and O–H groups in total. The maximum absolute atomic E-state index is 13.8. The molecule has 1 aliphatic heterocycles. The summed E-state index contributed by atoms with van der Waals surface area (Å²) in [5.74, 6) is -0.454. The van der Waals surface area contributed by atoms with Crippen molar-refractivity contribution in [3.63, 3.8) is 0 Å². The molecule has 0 saturated carbocycles. The van der Waals surface area contributed by atoms with Crippen molar-refractivity contribution < 1.29 is 23.4 Å². The fraction of sp³-hybridized carbons (Fsp3) is 0.200. The number of halogens is 3. The molecule has 1 atom stereocenters. The van der Waals surface area contributed by atoms with Crippen LogP contribution in [0.4, 0.5) is 8.78 Å². The number of ether oxygens (including phenoxy) is 2. The number of fused-ring (bicyclic) bond motifs is 1. The van der Waals surface area contributed by atoms with Crippen molar-refractivity contribution in [2.45, 2.75) is 6.10 Å². The van der Waals surface area contributed by atoms with Gasteiger partial charge in [0.15, 0.2) is 11.5 Å². The summed E-state index contributed by atoms with van der Waals surface area (Å²) in [6, 6.07) is 6.29. The number of benzene rings is 2. The predicted octanol–water partition coefficient (Wildman–Crippen LogP) is 3.58. The SMILES string of the molecule is OC(c1cc(Br)c2c(c1)OCCO2)c1ccc(F)cc1F. The van der Waals surface area contributed by atoms with E-state index < -0.39 is 17.7 Å². The second-order valence-electron chi connectivity index (χ2n) is 4.60. The minimum atomic E-state index is -1.22. The molecule has 0 fully saturated rings. The summed E-state index contributed by atoms with van der Waals surface area (Å²) in [6.45, 7) is 0.851. The van der Waals surface area contributed by atoms with E-state index in [1.807, 2.05) is 0 Å². The molecule has 0 radical (unpaired) electrons. The lowest BCUT2D eigenvalue weighted by Gasteiger charge is -2.22. The summed E-state index contributed by atoms with van der Waals surface area (Å²) < 4.78 is 38.2. The van der Waals surface area contributed by atoms with Gasteiger partial charge in [-0.3, -0.25) is 0 Å². The second-order valence-corrected chi connectivity index (χ2v) is 5.45. The zero-order valence-corrected chi connectivity index (χ0v) is 12.4. The van der Waals surface area contributed by atoms with Gasteiger partial charge in [0.25, 0.3) is 0 Å². The summed E-state index contributed by atoms with van der Waals surface area (Å²) in [7, 11) is 0. The van der Waals surface area contributed by atoms with E-state index in [0.717, 1.165) is 12.1 Å². The summed E-state index contributed by atoms with van der Waals surface area (Å²) in [4.78, 5) is 0. The third-order valence-electron chi connectivity index (χ3n) is 3.19. The van der Waals surface area contributed by atoms with Gasteiger partial charge in [-0.25, -0.2) is 8.78 Å². The van der Waals surface area contributed by atoms with Crippen molar-refractivity contribution in [2.75, 3.05) is 13.2 Å². The number of aliphatic hydroxyl groups is 1. The highest BCUT2D eigenvalue weighted by molar-refractivity contribution is 9.10. The quantitative estimate of drug-likeness (QED) is 0.893. The van der Waals surface area contributed by atoms with Crippen LogP contribution in [-0.4, -0.2) is 18.3 Å². The van der Waals surface area contributed by atoms with Crippen molar-refractivity contribution in [1.29, 1.82) is 0 Å². The van der Waals surface area contributed by atoms with E-state index in [0.29, 0.717) is 34.7 Å². The minimum absolute atomic E-state index is 0.0000205. The molecule has 2 aromatic rings. The summed E-state index contributed by atoms with van der Waals surface area (Å²) in [5.41, 5.74) is 0.427. The van der Waals surface area contributed by atoms with E-state index in [4.69, 9.17) is 9.47 Å². The molecular formula is C15H11BrF2O3. The van der Waals surface area contributed by atoms with E-state index in [2.05, 4.69) is 15.9 Å². The van der Waals surface area contributed by atoms with Gasteiger partial charge in [-0.2, -0.15) is 0 Å². The molecule has 1 aliphatic rings. The highest BCUT2D eigenvalue weighted by atomic mass is 79.9. The Morgan fingerprint density at radius 1 is 1.10 bits per heavy atom. The Kier molecular flexibility index (Phi) is 3.82. The van der Waals surface area contributed by atoms with Crippen LogP contribution in [0, 0.1) is 11.6 Å². The number of hydrogen-bond acceptors (Lipinski definition) is 3. The highest BCUT2D eigenvalue weighted by Gasteiger charge is 2.21. The van der Waals surface area contributed by atoms with Crippen molar-refractivity contribution in [1.82, 2.24) is 0 Å². The molecule has 3 nitrogen and oxygen atoms in total. The monoisotopic (exact) mass is 356 g/mol. The normalized spacial score (nSPS) is 14.9. The maximum atomic E-state index is 13.8. The molecule has 0 bridgehead atoms. The fourth-order valence-corrected chi connectivity index (χ4v) is 2.77. The van der Waals surface area contributed by atoms with Gasteiger partial charge in [0.2, 0.25) is 0 Å². The molecule has 1 unspecified atom stereocenters. The van der Waals surface area contributed by atoms with E-state index in [1.54, 1.807) is 12.1 Å². The average molecular weight is 357 g/mol. The van der Waals surface area contributed by atoms with Gasteiger partial charge >= 0.3 is 0 Å². The number of hydrogen-bond donors (Lipinski definition) is 1. The number of rotatable bonds is 2. The molecule has 0 amide bonds. The average Bonchev–Trinajstić information content (AvgIpc) is 2.46. The van der Waals surface area contributed by atoms with Crippen molar-refractivity contribution >= 4 is 15.9 Å².